The molecule has 0 aromatic heterocycles. The van der Waals surface area contributed by atoms with E-state index in [1.807, 2.05) is 0 Å². The Morgan fingerprint density at radius 3 is 1.77 bits per heavy atom. The van der Waals surface area contributed by atoms with E-state index in [1.54, 1.807) is 27.7 Å². The lowest BCUT2D eigenvalue weighted by Gasteiger charge is -2.21. The summed E-state index contributed by atoms with van der Waals surface area (Å²) in [7, 11) is 0. The number of carbonyl (C=O) groups is 2. The Morgan fingerprint density at radius 2 is 1.31 bits per heavy atom. The summed E-state index contributed by atoms with van der Waals surface area (Å²) in [6.45, 7) is 11.3. The van der Waals surface area contributed by atoms with Crippen molar-refractivity contribution in [3.8, 4) is 0 Å². The van der Waals surface area contributed by atoms with Crippen molar-refractivity contribution in [2.45, 2.75) is 80.1 Å². The van der Waals surface area contributed by atoms with E-state index in [0.29, 0.717) is 12.8 Å². The maximum atomic E-state index is 11.3. The molecule has 4 nitrogen and oxygen atoms in total. The monoisotopic (exact) mass is 362 g/mol. The van der Waals surface area contributed by atoms with E-state index in [-0.39, 0.29) is 0 Å². The molecule has 0 fully saturated rings. The van der Waals surface area contributed by atoms with Gasteiger partial charge >= 0.3 is 11.9 Å². The van der Waals surface area contributed by atoms with Crippen LogP contribution in [0.15, 0.2) is 12.1 Å². The molecule has 1 aromatic carbocycles. The molecule has 0 heterocycles. The Bertz CT molecular complexity index is 656. The van der Waals surface area contributed by atoms with Crippen LogP contribution in [0.3, 0.4) is 0 Å². The van der Waals surface area contributed by atoms with Crippen molar-refractivity contribution < 1.29 is 19.8 Å². The molecule has 4 heteroatoms. The van der Waals surface area contributed by atoms with Gasteiger partial charge < -0.3 is 10.2 Å². The van der Waals surface area contributed by atoms with E-state index >= 15 is 0 Å². The summed E-state index contributed by atoms with van der Waals surface area (Å²) in [5, 5.41) is 18.5. The minimum Gasteiger partial charge on any atom is -0.481 e. The molecule has 0 bridgehead atoms. The van der Waals surface area contributed by atoms with Crippen LogP contribution < -0.4 is 0 Å². The van der Waals surface area contributed by atoms with Crippen molar-refractivity contribution in [1.29, 1.82) is 0 Å². The number of rotatable bonds is 10. The standard InChI is InChI=1S/C22H34O4/c1-15-11-12-17(9-7-13-21(3,4)19(23)24)18(16(15)2)10-8-14-22(5,6)20(25)26/h11-12H,7-10,13-14H2,1-6H3,(H,23,24)(H,25,26). The quantitative estimate of drug-likeness (QED) is 0.602. The van der Waals surface area contributed by atoms with Gasteiger partial charge in [0, 0.05) is 0 Å². The van der Waals surface area contributed by atoms with Crippen molar-refractivity contribution >= 4 is 11.9 Å². The Morgan fingerprint density at radius 1 is 0.846 bits per heavy atom. The van der Waals surface area contributed by atoms with Gasteiger partial charge in [0.2, 0.25) is 0 Å². The fourth-order valence-electron chi connectivity index (χ4n) is 3.15. The summed E-state index contributed by atoms with van der Waals surface area (Å²) >= 11 is 0. The van der Waals surface area contributed by atoms with Crippen molar-refractivity contribution in [3.05, 3.63) is 34.4 Å². The summed E-state index contributed by atoms with van der Waals surface area (Å²) in [5.74, 6) is -1.51. The van der Waals surface area contributed by atoms with Gasteiger partial charge in [-0.05, 0) is 102 Å². The summed E-state index contributed by atoms with van der Waals surface area (Å²) in [6, 6.07) is 4.27. The Labute approximate surface area is 157 Å². The molecule has 0 unspecified atom stereocenters. The maximum absolute atomic E-state index is 11.3. The number of aliphatic carboxylic acids is 2. The smallest absolute Gasteiger partial charge is 0.309 e. The van der Waals surface area contributed by atoms with Gasteiger partial charge in [0.05, 0.1) is 10.8 Å². The van der Waals surface area contributed by atoms with E-state index in [9.17, 15) is 19.8 Å². The third kappa shape index (κ3) is 5.86. The number of hydrogen-bond donors (Lipinski definition) is 2. The molecule has 1 rings (SSSR count). The average molecular weight is 363 g/mol. The number of carboxylic acids is 2. The average Bonchev–Trinajstić information content (AvgIpc) is 2.52. The molecule has 0 aliphatic rings. The maximum Gasteiger partial charge on any atom is 0.309 e. The van der Waals surface area contributed by atoms with Gasteiger partial charge in [0.1, 0.15) is 0 Å². The predicted octanol–water partition coefficient (Wildman–Crippen LogP) is 5.17. The van der Waals surface area contributed by atoms with Gasteiger partial charge in [0.15, 0.2) is 0 Å². The van der Waals surface area contributed by atoms with Crippen molar-refractivity contribution in [2.75, 3.05) is 0 Å². The molecule has 0 amide bonds. The number of aryl methyl sites for hydroxylation is 2. The number of carboxylic acid groups (broad SMARTS) is 2. The molecule has 0 aliphatic carbocycles. The van der Waals surface area contributed by atoms with E-state index in [4.69, 9.17) is 0 Å². The van der Waals surface area contributed by atoms with Crippen LogP contribution in [-0.4, -0.2) is 22.2 Å². The zero-order valence-electron chi connectivity index (χ0n) is 17.1. The van der Waals surface area contributed by atoms with Gasteiger partial charge in [-0.3, -0.25) is 9.59 Å². The van der Waals surface area contributed by atoms with Crippen molar-refractivity contribution in [1.82, 2.24) is 0 Å². The minimum atomic E-state index is -0.756. The first-order chi connectivity index (χ1) is 11.9. The largest absolute Gasteiger partial charge is 0.481 e. The number of hydrogen-bond acceptors (Lipinski definition) is 2. The van der Waals surface area contributed by atoms with E-state index < -0.39 is 22.8 Å². The molecule has 0 spiro atoms. The highest BCUT2D eigenvalue weighted by Gasteiger charge is 2.27. The van der Waals surface area contributed by atoms with Crippen LogP contribution in [0.5, 0.6) is 0 Å². The second-order valence-corrected chi connectivity index (χ2v) is 8.73. The van der Waals surface area contributed by atoms with Crippen LogP contribution in [0.25, 0.3) is 0 Å². The zero-order chi connectivity index (χ0) is 20.1. The second-order valence-electron chi connectivity index (χ2n) is 8.73. The molecule has 0 aliphatic heterocycles. The normalized spacial score (nSPS) is 12.2. The van der Waals surface area contributed by atoms with Crippen LogP contribution in [0.1, 0.15) is 75.6 Å². The molecule has 2 N–H and O–H groups in total. The molecular formula is C22H34O4. The lowest BCUT2D eigenvalue weighted by molar-refractivity contribution is -0.148. The SMILES string of the molecule is Cc1ccc(CCCC(C)(C)C(=O)O)c(CCCC(C)(C)C(=O)O)c1C. The Hall–Kier alpha value is -1.84. The Kier molecular flexibility index (Phi) is 7.43. The van der Waals surface area contributed by atoms with Crippen LogP contribution in [-0.2, 0) is 22.4 Å². The predicted molar refractivity (Wildman–Crippen MR) is 105 cm³/mol. The van der Waals surface area contributed by atoms with Gasteiger partial charge in [-0.1, -0.05) is 12.1 Å². The third-order valence-electron chi connectivity index (χ3n) is 5.60. The van der Waals surface area contributed by atoms with E-state index in [1.165, 1.54) is 22.3 Å². The van der Waals surface area contributed by atoms with Crippen LogP contribution in [0.2, 0.25) is 0 Å². The molecule has 0 atom stereocenters. The van der Waals surface area contributed by atoms with Gasteiger partial charge in [-0.2, -0.15) is 0 Å². The first-order valence-corrected chi connectivity index (χ1v) is 9.43. The number of benzene rings is 1. The summed E-state index contributed by atoms with van der Waals surface area (Å²) < 4.78 is 0. The highest BCUT2D eigenvalue weighted by molar-refractivity contribution is 5.73. The Balaban J connectivity index is 2.83. The topological polar surface area (TPSA) is 74.6 Å². The minimum absolute atomic E-state index is 0.640. The van der Waals surface area contributed by atoms with Gasteiger partial charge in [0.25, 0.3) is 0 Å². The van der Waals surface area contributed by atoms with Crippen LogP contribution in [0, 0.1) is 24.7 Å². The first-order valence-electron chi connectivity index (χ1n) is 9.43. The molecule has 1 aromatic rings. The molecule has 146 valence electrons. The van der Waals surface area contributed by atoms with Crippen molar-refractivity contribution in [3.63, 3.8) is 0 Å². The third-order valence-corrected chi connectivity index (χ3v) is 5.60. The first kappa shape index (κ1) is 22.2. The molecule has 0 saturated heterocycles. The van der Waals surface area contributed by atoms with E-state index in [2.05, 4.69) is 26.0 Å². The van der Waals surface area contributed by atoms with Crippen LogP contribution in [0.4, 0.5) is 0 Å². The summed E-state index contributed by atoms with van der Waals surface area (Å²) in [4.78, 5) is 22.6. The lowest BCUT2D eigenvalue weighted by Crippen LogP contribution is -2.24. The van der Waals surface area contributed by atoms with Gasteiger partial charge in [-0.25, -0.2) is 0 Å². The highest BCUT2D eigenvalue weighted by Crippen LogP contribution is 2.28. The molecule has 0 radical (unpaired) electrons. The molecule has 26 heavy (non-hydrogen) atoms. The molecule has 0 saturated carbocycles. The van der Waals surface area contributed by atoms with Crippen LogP contribution >= 0.6 is 0 Å². The summed E-state index contributed by atoms with van der Waals surface area (Å²) in [6.07, 6.45) is 4.66. The fraction of sp³-hybridized carbons (Fsp3) is 0.636. The van der Waals surface area contributed by atoms with Gasteiger partial charge in [-0.15, -0.1) is 0 Å². The highest BCUT2D eigenvalue weighted by atomic mass is 16.4. The zero-order valence-corrected chi connectivity index (χ0v) is 17.1. The fourth-order valence-corrected chi connectivity index (χ4v) is 3.15. The second kappa shape index (κ2) is 8.70. The molecular weight excluding hydrogens is 328 g/mol. The summed E-state index contributed by atoms with van der Waals surface area (Å²) in [5.41, 5.74) is 3.68. The van der Waals surface area contributed by atoms with Crippen molar-refractivity contribution in [2.24, 2.45) is 10.8 Å². The lowest BCUT2D eigenvalue weighted by atomic mass is 9.83. The van der Waals surface area contributed by atoms with E-state index in [0.717, 1.165) is 25.7 Å².